The highest BCUT2D eigenvalue weighted by molar-refractivity contribution is 5.85. The molecule has 0 saturated carbocycles. The zero-order valence-corrected chi connectivity index (χ0v) is 23.0. The lowest BCUT2D eigenvalue weighted by molar-refractivity contribution is -0.160. The highest BCUT2D eigenvalue weighted by atomic mass is 19.1. The van der Waals surface area contributed by atoms with Crippen LogP contribution in [0.5, 0.6) is 0 Å². The van der Waals surface area contributed by atoms with E-state index in [0.29, 0.717) is 6.42 Å². The molecule has 214 valence electrons. The second kappa shape index (κ2) is 14.7. The molecule has 0 aromatic heterocycles. The van der Waals surface area contributed by atoms with Crippen LogP contribution in [0, 0.1) is 23.0 Å². The molecule has 6 N–H and O–H groups in total. The van der Waals surface area contributed by atoms with Crippen LogP contribution in [0.15, 0.2) is 48.5 Å². The third-order valence-corrected chi connectivity index (χ3v) is 6.12. The molecule has 0 spiro atoms. The molecule has 0 aliphatic heterocycles. The molecule has 2 amide bonds. The summed E-state index contributed by atoms with van der Waals surface area (Å²) in [7, 11) is 0. The van der Waals surface area contributed by atoms with Gasteiger partial charge in [-0.1, -0.05) is 58.0 Å². The molecule has 0 aliphatic carbocycles. The van der Waals surface area contributed by atoms with Crippen LogP contribution in [-0.2, 0) is 32.0 Å². The van der Waals surface area contributed by atoms with E-state index in [4.69, 9.17) is 16.2 Å². The second-order valence-corrected chi connectivity index (χ2v) is 10.9. The van der Waals surface area contributed by atoms with Crippen LogP contribution in [-0.4, -0.2) is 49.1 Å². The minimum absolute atomic E-state index is 0.0101. The Morgan fingerprint density at radius 1 is 0.949 bits per heavy atom. The number of esters is 1. The van der Waals surface area contributed by atoms with Gasteiger partial charge in [-0.25, -0.2) is 8.78 Å². The van der Waals surface area contributed by atoms with Gasteiger partial charge in [-0.2, -0.15) is 0 Å². The van der Waals surface area contributed by atoms with Crippen LogP contribution in [0.25, 0.3) is 0 Å². The fourth-order valence-electron chi connectivity index (χ4n) is 3.78. The van der Waals surface area contributed by atoms with E-state index in [9.17, 15) is 23.2 Å². The number of carbonyl (C=O) groups excluding carboxylic acids is 3. The normalized spacial score (nSPS) is 13.9. The molecular weight excluding hydrogens is 506 g/mol. The topological polar surface area (TPSA) is 137 Å². The van der Waals surface area contributed by atoms with Crippen molar-refractivity contribution in [1.82, 2.24) is 10.6 Å². The van der Waals surface area contributed by atoms with Crippen molar-refractivity contribution in [2.45, 2.75) is 65.1 Å². The van der Waals surface area contributed by atoms with Gasteiger partial charge in [0.15, 0.2) is 6.10 Å². The van der Waals surface area contributed by atoms with Gasteiger partial charge in [0.25, 0.3) is 5.91 Å². The van der Waals surface area contributed by atoms with Crippen molar-refractivity contribution in [2.24, 2.45) is 22.8 Å². The van der Waals surface area contributed by atoms with Crippen LogP contribution in [0.3, 0.4) is 0 Å². The summed E-state index contributed by atoms with van der Waals surface area (Å²) in [5, 5.41) is 5.57. The largest absolute Gasteiger partial charge is 0.450 e. The highest BCUT2D eigenvalue weighted by Crippen LogP contribution is 2.15. The van der Waals surface area contributed by atoms with Crippen molar-refractivity contribution in [1.29, 1.82) is 0 Å². The Labute approximate surface area is 228 Å². The summed E-state index contributed by atoms with van der Waals surface area (Å²) in [6, 6.07) is 11.0. The lowest BCUT2D eigenvalue weighted by atomic mass is 9.92. The molecule has 3 unspecified atom stereocenters. The number of rotatable bonds is 14. The van der Waals surface area contributed by atoms with E-state index in [1.165, 1.54) is 0 Å². The lowest BCUT2D eigenvalue weighted by Crippen LogP contribution is -2.52. The molecule has 0 radical (unpaired) electrons. The minimum Gasteiger partial charge on any atom is -0.450 e. The molecule has 2 aromatic rings. The molecule has 39 heavy (non-hydrogen) atoms. The van der Waals surface area contributed by atoms with E-state index in [1.54, 1.807) is 13.8 Å². The molecule has 0 saturated heterocycles. The van der Waals surface area contributed by atoms with Gasteiger partial charge in [-0.05, 0) is 47.6 Å². The standard InChI is InChI=1S/C29H40F2N4O4/c1-18(2)28(38)39-26(24(33)12-19-8-6-5-7-9-19)27(37)35-17-29(3,4)16-34-25(36)15-22(32)14-20-13-21(30)10-11-23(20)31/h5-11,13,18,22,24,26H,12,14-17,32-33H2,1-4H3,(H,34,36)(H,35,37). The van der Waals surface area contributed by atoms with E-state index in [-0.39, 0.29) is 37.4 Å². The zero-order valence-electron chi connectivity index (χ0n) is 23.0. The molecule has 10 heteroatoms. The molecule has 2 rings (SSSR count). The molecular formula is C29H40F2N4O4. The van der Waals surface area contributed by atoms with Gasteiger partial charge in [0, 0.05) is 25.6 Å². The van der Waals surface area contributed by atoms with E-state index >= 15 is 0 Å². The molecule has 0 fully saturated rings. The predicted molar refractivity (Wildman–Crippen MR) is 145 cm³/mol. The van der Waals surface area contributed by atoms with Gasteiger partial charge >= 0.3 is 5.97 Å². The summed E-state index contributed by atoms with van der Waals surface area (Å²) in [6.07, 6.45) is -0.925. The first kappa shape index (κ1) is 31.8. The van der Waals surface area contributed by atoms with Crippen molar-refractivity contribution >= 4 is 17.8 Å². The third-order valence-electron chi connectivity index (χ3n) is 6.12. The summed E-state index contributed by atoms with van der Waals surface area (Å²) >= 11 is 0. The van der Waals surface area contributed by atoms with Crippen LogP contribution in [0.1, 0.15) is 45.2 Å². The van der Waals surface area contributed by atoms with Crippen LogP contribution >= 0.6 is 0 Å². The third kappa shape index (κ3) is 11.1. The van der Waals surface area contributed by atoms with Gasteiger partial charge in [0.2, 0.25) is 5.91 Å². The van der Waals surface area contributed by atoms with E-state index in [2.05, 4.69) is 10.6 Å². The lowest BCUT2D eigenvalue weighted by Gasteiger charge is -2.29. The number of amides is 2. The van der Waals surface area contributed by atoms with Gasteiger partial charge in [0.1, 0.15) is 11.6 Å². The number of hydrogen-bond acceptors (Lipinski definition) is 6. The first-order valence-electron chi connectivity index (χ1n) is 13.0. The Bertz CT molecular complexity index is 1110. The summed E-state index contributed by atoms with van der Waals surface area (Å²) < 4.78 is 32.7. The average molecular weight is 547 g/mol. The quantitative estimate of drug-likeness (QED) is 0.269. The average Bonchev–Trinajstić information content (AvgIpc) is 2.87. The smallest absolute Gasteiger partial charge is 0.309 e. The van der Waals surface area contributed by atoms with Crippen molar-refractivity contribution in [3.8, 4) is 0 Å². The molecule has 0 aliphatic rings. The Kier molecular flexibility index (Phi) is 12.0. The summed E-state index contributed by atoms with van der Waals surface area (Å²) in [5.74, 6) is -2.99. The molecule has 2 aromatic carbocycles. The van der Waals surface area contributed by atoms with Crippen LogP contribution < -0.4 is 22.1 Å². The second-order valence-electron chi connectivity index (χ2n) is 10.9. The van der Waals surface area contributed by atoms with Crippen molar-refractivity contribution < 1.29 is 27.9 Å². The van der Waals surface area contributed by atoms with E-state index < -0.39 is 53.0 Å². The molecule has 8 nitrogen and oxygen atoms in total. The van der Waals surface area contributed by atoms with Gasteiger partial charge < -0.3 is 26.8 Å². The van der Waals surface area contributed by atoms with Crippen molar-refractivity contribution in [3.05, 3.63) is 71.3 Å². The van der Waals surface area contributed by atoms with Crippen molar-refractivity contribution in [2.75, 3.05) is 13.1 Å². The number of ether oxygens (including phenoxy) is 1. The number of hydrogen-bond donors (Lipinski definition) is 4. The Morgan fingerprint density at radius 3 is 2.23 bits per heavy atom. The maximum Gasteiger partial charge on any atom is 0.309 e. The maximum atomic E-state index is 13.9. The molecule has 0 bridgehead atoms. The fraction of sp³-hybridized carbons (Fsp3) is 0.483. The summed E-state index contributed by atoms with van der Waals surface area (Å²) in [4.78, 5) is 37.8. The number of benzene rings is 2. The Hall–Kier alpha value is -3.37. The number of nitrogens with one attached hydrogen (secondary N) is 2. The van der Waals surface area contributed by atoms with E-state index in [1.807, 2.05) is 44.2 Å². The van der Waals surface area contributed by atoms with Gasteiger partial charge in [-0.3, -0.25) is 14.4 Å². The summed E-state index contributed by atoms with van der Waals surface area (Å²) in [5.41, 5.74) is 12.7. The minimum atomic E-state index is -1.19. The molecule has 3 atom stereocenters. The Morgan fingerprint density at radius 2 is 1.59 bits per heavy atom. The van der Waals surface area contributed by atoms with Gasteiger partial charge in [0.05, 0.1) is 12.0 Å². The van der Waals surface area contributed by atoms with Gasteiger partial charge in [-0.15, -0.1) is 0 Å². The van der Waals surface area contributed by atoms with E-state index in [0.717, 1.165) is 23.8 Å². The molecule has 0 heterocycles. The van der Waals surface area contributed by atoms with Crippen LogP contribution in [0.4, 0.5) is 8.78 Å². The number of halogens is 2. The number of carbonyl (C=O) groups is 3. The first-order valence-corrected chi connectivity index (χ1v) is 13.0. The monoisotopic (exact) mass is 546 g/mol. The highest BCUT2D eigenvalue weighted by Gasteiger charge is 2.32. The zero-order chi connectivity index (χ0) is 29.2. The fourth-order valence-corrected chi connectivity index (χ4v) is 3.78. The number of nitrogens with two attached hydrogens (primary N) is 2. The summed E-state index contributed by atoms with van der Waals surface area (Å²) in [6.45, 7) is 7.40. The van der Waals surface area contributed by atoms with Crippen LogP contribution in [0.2, 0.25) is 0 Å². The predicted octanol–water partition coefficient (Wildman–Crippen LogP) is 2.62. The van der Waals surface area contributed by atoms with Crippen molar-refractivity contribution in [3.63, 3.8) is 0 Å². The maximum absolute atomic E-state index is 13.9. The Balaban J connectivity index is 1.90. The SMILES string of the molecule is CC(C)C(=O)OC(C(=O)NCC(C)(C)CNC(=O)CC(N)Cc1cc(F)ccc1F)C(N)Cc1ccccc1. The first-order chi connectivity index (χ1) is 18.3.